The summed E-state index contributed by atoms with van der Waals surface area (Å²) in [7, 11) is 0. The summed E-state index contributed by atoms with van der Waals surface area (Å²) in [6.07, 6.45) is 1.77. The van der Waals surface area contributed by atoms with Gasteiger partial charge in [0.15, 0.2) is 0 Å². The van der Waals surface area contributed by atoms with Gasteiger partial charge >= 0.3 is 0 Å². The smallest absolute Gasteiger partial charge is 0.123 e. The molecule has 0 aliphatic heterocycles. The van der Waals surface area contributed by atoms with Crippen LogP contribution in [0.2, 0.25) is 5.02 Å². The molecule has 1 aromatic heterocycles. The zero-order valence-corrected chi connectivity index (χ0v) is 7.97. The zero-order chi connectivity index (χ0) is 9.42. The summed E-state index contributed by atoms with van der Waals surface area (Å²) in [6.45, 7) is 2.01. The molecular formula is C10H9ClN2. The van der Waals surface area contributed by atoms with Crippen LogP contribution in [0.15, 0.2) is 24.4 Å². The third-order valence-corrected chi connectivity index (χ3v) is 2.25. The van der Waals surface area contributed by atoms with Gasteiger partial charge in [-0.15, -0.1) is 0 Å². The van der Waals surface area contributed by atoms with Gasteiger partial charge in [-0.2, -0.15) is 0 Å². The highest BCUT2D eigenvalue weighted by atomic mass is 35.5. The first-order valence-corrected chi connectivity index (χ1v) is 4.36. The van der Waals surface area contributed by atoms with Crippen LogP contribution in [0.1, 0.15) is 5.56 Å². The Hall–Kier alpha value is -1.28. The molecule has 1 aromatic carbocycles. The van der Waals surface area contributed by atoms with E-state index in [1.165, 1.54) is 0 Å². The van der Waals surface area contributed by atoms with E-state index in [-0.39, 0.29) is 0 Å². The molecule has 0 aliphatic carbocycles. The minimum atomic E-state index is 0.522. The van der Waals surface area contributed by atoms with Crippen molar-refractivity contribution in [2.45, 2.75) is 6.92 Å². The Morgan fingerprint density at radius 1 is 1.31 bits per heavy atom. The highest BCUT2D eigenvalue weighted by Crippen LogP contribution is 2.23. The number of benzene rings is 1. The molecule has 2 aromatic rings. The van der Waals surface area contributed by atoms with Gasteiger partial charge in [0.1, 0.15) is 5.82 Å². The molecule has 0 atom stereocenters. The zero-order valence-electron chi connectivity index (χ0n) is 7.21. The van der Waals surface area contributed by atoms with Crippen LogP contribution in [-0.4, -0.2) is 4.98 Å². The predicted octanol–water partition coefficient (Wildman–Crippen LogP) is 2.78. The molecular weight excluding hydrogens is 184 g/mol. The number of hydrogen-bond donors (Lipinski definition) is 1. The molecule has 0 spiro atoms. The molecule has 2 nitrogen and oxygen atoms in total. The number of fused-ring (bicyclic) bond motifs is 1. The summed E-state index contributed by atoms with van der Waals surface area (Å²) < 4.78 is 0. The van der Waals surface area contributed by atoms with Crippen LogP contribution in [0.3, 0.4) is 0 Å². The number of pyridine rings is 1. The van der Waals surface area contributed by atoms with Gasteiger partial charge in [-0.1, -0.05) is 11.6 Å². The molecule has 0 aliphatic rings. The summed E-state index contributed by atoms with van der Waals surface area (Å²) in [5.41, 5.74) is 6.69. The predicted molar refractivity (Wildman–Crippen MR) is 55.9 cm³/mol. The largest absolute Gasteiger partial charge is 0.384 e. The van der Waals surface area contributed by atoms with Crippen LogP contribution in [-0.2, 0) is 0 Å². The number of hydrogen-bond acceptors (Lipinski definition) is 2. The SMILES string of the molecule is Cc1cc(Cl)cc2cc(N)ncc12. The van der Waals surface area contributed by atoms with E-state index in [9.17, 15) is 0 Å². The first-order chi connectivity index (χ1) is 6.16. The highest BCUT2D eigenvalue weighted by Gasteiger charge is 2.00. The highest BCUT2D eigenvalue weighted by molar-refractivity contribution is 6.31. The number of aromatic nitrogens is 1. The lowest BCUT2D eigenvalue weighted by Crippen LogP contribution is -1.89. The van der Waals surface area contributed by atoms with Crippen molar-refractivity contribution < 1.29 is 0 Å². The molecule has 0 radical (unpaired) electrons. The van der Waals surface area contributed by atoms with Crippen LogP contribution in [0.4, 0.5) is 5.82 Å². The van der Waals surface area contributed by atoms with E-state index >= 15 is 0 Å². The van der Waals surface area contributed by atoms with E-state index < -0.39 is 0 Å². The Morgan fingerprint density at radius 3 is 2.85 bits per heavy atom. The molecule has 0 saturated heterocycles. The van der Waals surface area contributed by atoms with Gasteiger partial charge in [-0.3, -0.25) is 0 Å². The quantitative estimate of drug-likeness (QED) is 0.697. The summed E-state index contributed by atoms with van der Waals surface area (Å²) in [6, 6.07) is 5.64. The minimum absolute atomic E-state index is 0.522. The maximum atomic E-state index is 5.92. The van der Waals surface area contributed by atoms with Crippen LogP contribution in [0.25, 0.3) is 10.8 Å². The van der Waals surface area contributed by atoms with Gasteiger partial charge in [0.05, 0.1) is 0 Å². The van der Waals surface area contributed by atoms with Crippen molar-refractivity contribution in [2.75, 3.05) is 5.73 Å². The molecule has 2 N–H and O–H groups in total. The fraction of sp³-hybridized carbons (Fsp3) is 0.100. The number of rotatable bonds is 0. The molecule has 1 heterocycles. The van der Waals surface area contributed by atoms with Crippen molar-refractivity contribution in [2.24, 2.45) is 0 Å². The lowest BCUT2D eigenvalue weighted by Gasteiger charge is -2.02. The Labute approximate surface area is 81.3 Å². The standard InChI is InChI=1S/C10H9ClN2/c1-6-2-8(11)3-7-4-10(12)13-5-9(6)7/h2-5H,1H3,(H2,12,13). The van der Waals surface area contributed by atoms with Gasteiger partial charge in [0.25, 0.3) is 0 Å². The maximum Gasteiger partial charge on any atom is 0.123 e. The van der Waals surface area contributed by atoms with Gasteiger partial charge in [0, 0.05) is 16.6 Å². The van der Waals surface area contributed by atoms with E-state index in [0.717, 1.165) is 21.4 Å². The molecule has 2 rings (SSSR count). The summed E-state index contributed by atoms with van der Waals surface area (Å²) in [5, 5.41) is 2.87. The molecule has 0 amide bonds. The maximum absolute atomic E-state index is 5.92. The van der Waals surface area contributed by atoms with Crippen LogP contribution >= 0.6 is 11.6 Å². The van der Waals surface area contributed by atoms with E-state index in [1.807, 2.05) is 25.1 Å². The van der Waals surface area contributed by atoms with Crippen molar-refractivity contribution in [3.8, 4) is 0 Å². The lowest BCUT2D eigenvalue weighted by atomic mass is 10.1. The fourth-order valence-corrected chi connectivity index (χ4v) is 1.69. The Kier molecular flexibility index (Phi) is 1.85. The normalized spacial score (nSPS) is 10.6. The van der Waals surface area contributed by atoms with Gasteiger partial charge in [0.2, 0.25) is 0 Å². The second-order valence-corrected chi connectivity index (χ2v) is 3.49. The van der Waals surface area contributed by atoms with Gasteiger partial charge in [-0.05, 0) is 36.1 Å². The lowest BCUT2D eigenvalue weighted by molar-refractivity contribution is 1.36. The molecule has 0 saturated carbocycles. The van der Waals surface area contributed by atoms with E-state index in [2.05, 4.69) is 4.98 Å². The molecule has 66 valence electrons. The van der Waals surface area contributed by atoms with Gasteiger partial charge in [-0.25, -0.2) is 4.98 Å². The third-order valence-electron chi connectivity index (χ3n) is 2.03. The van der Waals surface area contributed by atoms with Crippen molar-refractivity contribution in [1.82, 2.24) is 4.98 Å². The second kappa shape index (κ2) is 2.89. The number of nitrogen functional groups attached to an aromatic ring is 1. The number of anilines is 1. The topological polar surface area (TPSA) is 38.9 Å². The van der Waals surface area contributed by atoms with E-state index in [4.69, 9.17) is 17.3 Å². The Bertz CT molecular complexity index is 460. The van der Waals surface area contributed by atoms with E-state index in [1.54, 1.807) is 6.20 Å². The average molecular weight is 193 g/mol. The van der Waals surface area contributed by atoms with Crippen molar-refractivity contribution in [3.63, 3.8) is 0 Å². The minimum Gasteiger partial charge on any atom is -0.384 e. The van der Waals surface area contributed by atoms with Crippen molar-refractivity contribution >= 4 is 28.2 Å². The molecule has 0 unspecified atom stereocenters. The third kappa shape index (κ3) is 1.45. The number of halogens is 1. The second-order valence-electron chi connectivity index (χ2n) is 3.05. The summed E-state index contributed by atoms with van der Waals surface area (Å²) in [5.74, 6) is 0.522. The molecule has 3 heteroatoms. The van der Waals surface area contributed by atoms with Crippen molar-refractivity contribution in [3.05, 3.63) is 35.0 Å². The van der Waals surface area contributed by atoms with Crippen LogP contribution in [0, 0.1) is 6.92 Å². The average Bonchev–Trinajstić information content (AvgIpc) is 2.02. The summed E-state index contributed by atoms with van der Waals surface area (Å²) >= 11 is 5.92. The molecule has 13 heavy (non-hydrogen) atoms. The number of nitrogens with zero attached hydrogens (tertiary/aromatic N) is 1. The monoisotopic (exact) mass is 192 g/mol. The summed E-state index contributed by atoms with van der Waals surface area (Å²) in [4.78, 5) is 4.03. The van der Waals surface area contributed by atoms with Crippen LogP contribution in [0.5, 0.6) is 0 Å². The van der Waals surface area contributed by atoms with Crippen LogP contribution < -0.4 is 5.73 Å². The fourth-order valence-electron chi connectivity index (χ4n) is 1.41. The molecule has 0 fully saturated rings. The van der Waals surface area contributed by atoms with E-state index in [0.29, 0.717) is 5.82 Å². The molecule has 0 bridgehead atoms. The number of aryl methyl sites for hydroxylation is 1. The van der Waals surface area contributed by atoms with Gasteiger partial charge < -0.3 is 5.73 Å². The van der Waals surface area contributed by atoms with Crippen molar-refractivity contribution in [1.29, 1.82) is 0 Å². The Balaban J connectivity index is 2.86. The number of nitrogens with two attached hydrogens (primary N) is 1. The first kappa shape index (κ1) is 8.32. The Morgan fingerprint density at radius 2 is 2.08 bits per heavy atom. The first-order valence-electron chi connectivity index (χ1n) is 3.98.